The number of pyridine rings is 1. The number of carbonyl (C=O) groups excluding carboxylic acids is 1. The number of nitrogens with one attached hydrogen (secondary N) is 1. The molecule has 1 aromatic carbocycles. The zero-order valence-corrected chi connectivity index (χ0v) is 9.92. The minimum atomic E-state index is -0.315. The van der Waals surface area contributed by atoms with Gasteiger partial charge in [-0.3, -0.25) is 4.79 Å². The van der Waals surface area contributed by atoms with Crippen LogP contribution in [0.25, 0.3) is 0 Å². The maximum atomic E-state index is 12.0. The molecule has 0 unspecified atom stereocenters. The highest BCUT2D eigenvalue weighted by Crippen LogP contribution is 2.34. The summed E-state index contributed by atoms with van der Waals surface area (Å²) in [6, 6.07) is 8.45. The lowest BCUT2D eigenvalue weighted by Crippen LogP contribution is -2.14. The van der Waals surface area contributed by atoms with Gasteiger partial charge in [-0.2, -0.15) is 0 Å². The number of amides is 1. The highest BCUT2D eigenvalue weighted by Gasteiger charge is 2.15. The Labute approximate surface area is 109 Å². The van der Waals surface area contributed by atoms with Crippen LogP contribution in [-0.2, 0) is 0 Å². The van der Waals surface area contributed by atoms with Crippen LogP contribution in [0, 0.1) is 0 Å². The molecule has 0 radical (unpaired) electrons. The van der Waals surface area contributed by atoms with Crippen LogP contribution in [0.15, 0.2) is 36.5 Å². The molecular formula is C13H11N3O3. The third kappa shape index (κ3) is 2.15. The van der Waals surface area contributed by atoms with Crippen molar-refractivity contribution in [3.63, 3.8) is 0 Å². The molecule has 1 aliphatic rings. The molecule has 2 aromatic rings. The minimum Gasteiger partial charge on any atom is -0.454 e. The van der Waals surface area contributed by atoms with Gasteiger partial charge < -0.3 is 20.5 Å². The Kier molecular flexibility index (Phi) is 2.68. The van der Waals surface area contributed by atoms with Crippen LogP contribution in [0.5, 0.6) is 11.5 Å². The van der Waals surface area contributed by atoms with Crippen molar-refractivity contribution in [2.45, 2.75) is 0 Å². The molecule has 1 aliphatic heterocycles. The Balaban J connectivity index is 1.82. The van der Waals surface area contributed by atoms with Crippen molar-refractivity contribution in [3.05, 3.63) is 42.1 Å². The standard InChI is InChI=1S/C13H11N3O3/c14-12-9(2-1-5-15-12)13(17)16-8-3-4-10-11(6-8)19-7-18-10/h1-6H,7H2,(H2,14,15)(H,16,17). The van der Waals surface area contributed by atoms with Gasteiger partial charge in [-0.25, -0.2) is 4.98 Å². The summed E-state index contributed by atoms with van der Waals surface area (Å²) >= 11 is 0. The first kappa shape index (κ1) is 11.3. The number of carbonyl (C=O) groups is 1. The van der Waals surface area contributed by atoms with Crippen molar-refractivity contribution in [3.8, 4) is 11.5 Å². The van der Waals surface area contributed by atoms with E-state index in [-0.39, 0.29) is 18.5 Å². The average Bonchev–Trinajstić information content (AvgIpc) is 2.86. The van der Waals surface area contributed by atoms with Crippen molar-refractivity contribution >= 4 is 17.4 Å². The number of ether oxygens (including phenoxy) is 2. The number of fused-ring (bicyclic) bond motifs is 1. The molecule has 0 bridgehead atoms. The number of rotatable bonds is 2. The van der Waals surface area contributed by atoms with Crippen molar-refractivity contribution in [1.29, 1.82) is 0 Å². The maximum Gasteiger partial charge on any atom is 0.259 e. The predicted octanol–water partition coefficient (Wildman–Crippen LogP) is 1.64. The predicted molar refractivity (Wildman–Crippen MR) is 69.2 cm³/mol. The molecule has 19 heavy (non-hydrogen) atoms. The van der Waals surface area contributed by atoms with Crippen molar-refractivity contribution < 1.29 is 14.3 Å². The van der Waals surface area contributed by atoms with E-state index in [4.69, 9.17) is 15.2 Å². The summed E-state index contributed by atoms with van der Waals surface area (Å²) in [7, 11) is 0. The second-order valence-corrected chi connectivity index (χ2v) is 3.96. The SMILES string of the molecule is Nc1ncccc1C(=O)Nc1ccc2c(c1)OCO2. The summed E-state index contributed by atoms with van der Waals surface area (Å²) in [6.45, 7) is 0.197. The van der Waals surface area contributed by atoms with Gasteiger partial charge in [-0.15, -0.1) is 0 Å². The molecular weight excluding hydrogens is 246 g/mol. The van der Waals surface area contributed by atoms with Gasteiger partial charge in [0.25, 0.3) is 5.91 Å². The normalized spacial score (nSPS) is 12.2. The summed E-state index contributed by atoms with van der Waals surface area (Å²) < 4.78 is 10.4. The molecule has 96 valence electrons. The summed E-state index contributed by atoms with van der Waals surface area (Å²) in [6.07, 6.45) is 1.53. The minimum absolute atomic E-state index is 0.195. The van der Waals surface area contributed by atoms with Gasteiger partial charge in [-0.05, 0) is 24.3 Å². The number of nitrogens with zero attached hydrogens (tertiary/aromatic N) is 1. The molecule has 2 heterocycles. The fourth-order valence-electron chi connectivity index (χ4n) is 1.78. The van der Waals surface area contributed by atoms with Crippen LogP contribution >= 0.6 is 0 Å². The quantitative estimate of drug-likeness (QED) is 0.854. The fraction of sp³-hybridized carbons (Fsp3) is 0.0769. The Hall–Kier alpha value is -2.76. The summed E-state index contributed by atoms with van der Waals surface area (Å²) in [5, 5.41) is 2.73. The second-order valence-electron chi connectivity index (χ2n) is 3.96. The molecule has 0 saturated carbocycles. The first-order chi connectivity index (χ1) is 9.24. The molecule has 3 N–H and O–H groups in total. The van der Waals surface area contributed by atoms with Gasteiger partial charge in [0.2, 0.25) is 6.79 Å². The Morgan fingerprint density at radius 1 is 1.26 bits per heavy atom. The number of nitrogens with two attached hydrogens (primary N) is 1. The van der Waals surface area contributed by atoms with Gasteiger partial charge >= 0.3 is 0 Å². The summed E-state index contributed by atoms with van der Waals surface area (Å²) in [5.74, 6) is 1.15. The molecule has 1 aromatic heterocycles. The molecule has 3 rings (SSSR count). The van der Waals surface area contributed by atoms with Gasteiger partial charge in [0.1, 0.15) is 5.82 Å². The van der Waals surface area contributed by atoms with E-state index >= 15 is 0 Å². The smallest absolute Gasteiger partial charge is 0.259 e. The highest BCUT2D eigenvalue weighted by atomic mass is 16.7. The van der Waals surface area contributed by atoms with Gasteiger partial charge in [0, 0.05) is 18.0 Å². The number of hydrogen-bond acceptors (Lipinski definition) is 5. The fourth-order valence-corrected chi connectivity index (χ4v) is 1.78. The zero-order chi connectivity index (χ0) is 13.2. The molecule has 0 saturated heterocycles. The van der Waals surface area contributed by atoms with E-state index in [1.165, 1.54) is 6.20 Å². The van der Waals surface area contributed by atoms with Gasteiger partial charge in [0.05, 0.1) is 5.56 Å². The Morgan fingerprint density at radius 2 is 2.11 bits per heavy atom. The van der Waals surface area contributed by atoms with Crippen LogP contribution in [0.4, 0.5) is 11.5 Å². The first-order valence-electron chi connectivity index (χ1n) is 5.65. The molecule has 6 nitrogen and oxygen atoms in total. The van der Waals surface area contributed by atoms with E-state index in [2.05, 4.69) is 10.3 Å². The van der Waals surface area contributed by atoms with Crippen LogP contribution in [0.3, 0.4) is 0 Å². The second kappa shape index (κ2) is 4.49. The number of nitrogen functional groups attached to an aromatic ring is 1. The van der Waals surface area contributed by atoms with Crippen molar-refractivity contribution in [2.24, 2.45) is 0 Å². The molecule has 0 spiro atoms. The third-order valence-electron chi connectivity index (χ3n) is 2.71. The number of benzene rings is 1. The lowest BCUT2D eigenvalue weighted by atomic mass is 10.2. The van der Waals surface area contributed by atoms with Crippen molar-refractivity contribution in [2.75, 3.05) is 17.8 Å². The molecule has 0 fully saturated rings. The van der Waals surface area contributed by atoms with Crippen molar-refractivity contribution in [1.82, 2.24) is 4.98 Å². The van der Waals surface area contributed by atoms with E-state index < -0.39 is 0 Å². The van der Waals surface area contributed by atoms with E-state index in [1.807, 2.05) is 0 Å². The molecule has 0 aliphatic carbocycles. The molecule has 0 atom stereocenters. The van der Waals surface area contributed by atoms with Gasteiger partial charge in [-0.1, -0.05) is 0 Å². The highest BCUT2D eigenvalue weighted by molar-refractivity contribution is 6.07. The average molecular weight is 257 g/mol. The molecule has 6 heteroatoms. The Bertz CT molecular complexity index is 643. The lowest BCUT2D eigenvalue weighted by Gasteiger charge is -2.07. The van der Waals surface area contributed by atoms with E-state index in [0.717, 1.165) is 0 Å². The van der Waals surface area contributed by atoms with E-state index in [1.54, 1.807) is 30.3 Å². The van der Waals surface area contributed by atoms with Crippen LogP contribution in [0.2, 0.25) is 0 Å². The van der Waals surface area contributed by atoms with Crippen LogP contribution in [0.1, 0.15) is 10.4 Å². The molecule has 1 amide bonds. The summed E-state index contributed by atoms with van der Waals surface area (Å²) in [4.78, 5) is 15.9. The largest absolute Gasteiger partial charge is 0.454 e. The third-order valence-corrected chi connectivity index (χ3v) is 2.71. The summed E-state index contributed by atoms with van der Waals surface area (Å²) in [5.41, 5.74) is 6.59. The van der Waals surface area contributed by atoms with Crippen LogP contribution < -0.4 is 20.5 Å². The first-order valence-corrected chi connectivity index (χ1v) is 5.65. The lowest BCUT2D eigenvalue weighted by molar-refractivity contribution is 0.102. The topological polar surface area (TPSA) is 86.5 Å². The van der Waals surface area contributed by atoms with E-state index in [9.17, 15) is 4.79 Å². The monoisotopic (exact) mass is 257 g/mol. The maximum absolute atomic E-state index is 12.0. The number of anilines is 2. The van der Waals surface area contributed by atoms with E-state index in [0.29, 0.717) is 22.7 Å². The zero-order valence-electron chi connectivity index (χ0n) is 9.92. The number of hydrogen-bond donors (Lipinski definition) is 2. The number of aromatic nitrogens is 1. The van der Waals surface area contributed by atoms with Gasteiger partial charge in [0.15, 0.2) is 11.5 Å². The Morgan fingerprint density at radius 3 is 2.95 bits per heavy atom. The van der Waals surface area contributed by atoms with Crippen LogP contribution in [-0.4, -0.2) is 17.7 Å².